The molecule has 3 rings (SSSR count). The number of hydrogen-bond acceptors (Lipinski definition) is 3. The molecular formula is C15H15F2N3S. The van der Waals surface area contributed by atoms with Gasteiger partial charge < -0.3 is 5.32 Å². The Morgan fingerprint density at radius 3 is 2.76 bits per heavy atom. The second-order valence-electron chi connectivity index (χ2n) is 4.94. The molecule has 2 heterocycles. The number of halogens is 2. The lowest BCUT2D eigenvalue weighted by atomic mass is 10.1. The van der Waals surface area contributed by atoms with Gasteiger partial charge in [-0.3, -0.25) is 4.40 Å². The lowest BCUT2D eigenvalue weighted by molar-refractivity contribution is 0.484. The summed E-state index contributed by atoms with van der Waals surface area (Å²) >= 11 is 1.56. The van der Waals surface area contributed by atoms with Crippen LogP contribution < -0.4 is 5.32 Å². The summed E-state index contributed by atoms with van der Waals surface area (Å²) in [5.41, 5.74) is 2.01. The predicted molar refractivity (Wildman–Crippen MR) is 79.4 cm³/mol. The first-order chi connectivity index (χ1) is 10.1. The van der Waals surface area contributed by atoms with Gasteiger partial charge in [0.15, 0.2) is 4.96 Å². The molecule has 0 bridgehead atoms. The molecule has 0 aliphatic carbocycles. The highest BCUT2D eigenvalue weighted by Gasteiger charge is 2.17. The topological polar surface area (TPSA) is 29.3 Å². The van der Waals surface area contributed by atoms with Crippen LogP contribution in [0.1, 0.15) is 29.9 Å². The molecule has 6 heteroatoms. The van der Waals surface area contributed by atoms with Gasteiger partial charge >= 0.3 is 0 Å². The maximum absolute atomic E-state index is 13.8. The van der Waals surface area contributed by atoms with Gasteiger partial charge in [-0.05, 0) is 26.0 Å². The smallest absolute Gasteiger partial charge is 0.194 e. The second kappa shape index (κ2) is 5.54. The Balaban J connectivity index is 1.81. The van der Waals surface area contributed by atoms with Gasteiger partial charge in [0.2, 0.25) is 0 Å². The number of imidazole rings is 1. The van der Waals surface area contributed by atoms with E-state index in [1.807, 2.05) is 22.9 Å². The molecule has 0 aliphatic rings. The first kappa shape index (κ1) is 14.2. The van der Waals surface area contributed by atoms with E-state index in [1.54, 1.807) is 18.3 Å². The Labute approximate surface area is 125 Å². The highest BCUT2D eigenvalue weighted by Crippen LogP contribution is 2.22. The summed E-state index contributed by atoms with van der Waals surface area (Å²) < 4.78 is 29.5. The number of fused-ring (bicyclic) bond motifs is 1. The van der Waals surface area contributed by atoms with Gasteiger partial charge in [-0.1, -0.05) is 6.07 Å². The highest BCUT2D eigenvalue weighted by atomic mass is 32.1. The van der Waals surface area contributed by atoms with E-state index in [0.717, 1.165) is 16.3 Å². The number of aryl methyl sites for hydroxylation is 1. The zero-order valence-corrected chi connectivity index (χ0v) is 12.5. The summed E-state index contributed by atoms with van der Waals surface area (Å²) in [5.74, 6) is -1.05. The first-order valence-electron chi connectivity index (χ1n) is 6.66. The zero-order chi connectivity index (χ0) is 15.0. The number of nitrogens with one attached hydrogen (secondary N) is 1. The minimum Gasteiger partial charge on any atom is -0.304 e. The Kier molecular flexibility index (Phi) is 3.73. The second-order valence-corrected chi connectivity index (χ2v) is 5.81. The van der Waals surface area contributed by atoms with Crippen molar-refractivity contribution in [2.24, 2.45) is 0 Å². The summed E-state index contributed by atoms with van der Waals surface area (Å²) in [6, 6.07) is 3.50. The van der Waals surface area contributed by atoms with Gasteiger partial charge in [-0.2, -0.15) is 0 Å². The minimum absolute atomic E-state index is 0.0706. The Bertz CT molecular complexity index is 758. The molecule has 0 amide bonds. The van der Waals surface area contributed by atoms with Gasteiger partial charge in [0.1, 0.15) is 11.6 Å². The van der Waals surface area contributed by atoms with Gasteiger partial charge in [0.25, 0.3) is 0 Å². The van der Waals surface area contributed by atoms with Crippen LogP contribution in [0.2, 0.25) is 0 Å². The molecule has 1 aromatic carbocycles. The lowest BCUT2D eigenvalue weighted by Gasteiger charge is -2.15. The van der Waals surface area contributed by atoms with Crippen LogP contribution in [0.3, 0.4) is 0 Å². The monoisotopic (exact) mass is 307 g/mol. The molecule has 0 spiro atoms. The van der Waals surface area contributed by atoms with E-state index >= 15 is 0 Å². The van der Waals surface area contributed by atoms with Crippen molar-refractivity contribution in [3.63, 3.8) is 0 Å². The third-order valence-electron chi connectivity index (χ3n) is 3.57. The largest absolute Gasteiger partial charge is 0.304 e. The van der Waals surface area contributed by atoms with Crippen molar-refractivity contribution in [1.82, 2.24) is 14.7 Å². The van der Waals surface area contributed by atoms with Crippen molar-refractivity contribution >= 4 is 16.3 Å². The fourth-order valence-corrected chi connectivity index (χ4v) is 3.21. The van der Waals surface area contributed by atoms with Crippen molar-refractivity contribution in [1.29, 1.82) is 0 Å². The van der Waals surface area contributed by atoms with Crippen molar-refractivity contribution < 1.29 is 8.78 Å². The van der Waals surface area contributed by atoms with Crippen LogP contribution in [-0.2, 0) is 6.54 Å². The number of thiazole rings is 1. The molecule has 0 aliphatic heterocycles. The number of aromatic nitrogens is 2. The highest BCUT2D eigenvalue weighted by molar-refractivity contribution is 7.15. The molecular weight excluding hydrogens is 292 g/mol. The average molecular weight is 307 g/mol. The molecule has 0 radical (unpaired) electrons. The number of nitrogens with zero attached hydrogens (tertiary/aromatic N) is 2. The number of hydrogen-bond donors (Lipinski definition) is 1. The first-order valence-corrected chi connectivity index (χ1v) is 7.54. The fourth-order valence-electron chi connectivity index (χ4n) is 2.43. The number of rotatable bonds is 4. The Morgan fingerprint density at radius 2 is 2.05 bits per heavy atom. The molecule has 1 atom stereocenters. The van der Waals surface area contributed by atoms with Crippen molar-refractivity contribution in [3.8, 4) is 0 Å². The molecule has 1 unspecified atom stereocenters. The molecule has 0 fully saturated rings. The van der Waals surface area contributed by atoms with E-state index in [9.17, 15) is 8.78 Å². The Morgan fingerprint density at radius 1 is 1.33 bits per heavy atom. The van der Waals surface area contributed by atoms with Crippen molar-refractivity contribution in [3.05, 3.63) is 58.4 Å². The van der Waals surface area contributed by atoms with E-state index in [1.165, 1.54) is 18.2 Å². The fraction of sp³-hybridized carbons (Fsp3) is 0.267. The third kappa shape index (κ3) is 2.56. The molecule has 0 saturated heterocycles. The molecule has 3 aromatic rings. The maximum atomic E-state index is 13.8. The zero-order valence-electron chi connectivity index (χ0n) is 11.7. The third-order valence-corrected chi connectivity index (χ3v) is 4.33. The quantitative estimate of drug-likeness (QED) is 0.793. The van der Waals surface area contributed by atoms with Gasteiger partial charge in [0.05, 0.1) is 11.4 Å². The predicted octanol–water partition coefficient (Wildman–Crippen LogP) is 3.83. The SMILES string of the molecule is Cc1nc2sccn2c1CNC(C)c1c(F)cccc1F. The van der Waals surface area contributed by atoms with Crippen LogP contribution >= 0.6 is 11.3 Å². The maximum Gasteiger partial charge on any atom is 0.194 e. The van der Waals surface area contributed by atoms with Crippen LogP contribution in [0.25, 0.3) is 4.96 Å². The van der Waals surface area contributed by atoms with E-state index < -0.39 is 17.7 Å². The van der Waals surface area contributed by atoms with Crippen LogP contribution in [0.5, 0.6) is 0 Å². The van der Waals surface area contributed by atoms with Gasteiger partial charge in [-0.15, -0.1) is 11.3 Å². The number of benzene rings is 1. The van der Waals surface area contributed by atoms with Crippen molar-refractivity contribution in [2.75, 3.05) is 0 Å². The molecule has 2 aromatic heterocycles. The summed E-state index contributed by atoms with van der Waals surface area (Å²) in [6.45, 7) is 4.19. The summed E-state index contributed by atoms with van der Waals surface area (Å²) in [7, 11) is 0. The normalized spacial score (nSPS) is 13.0. The van der Waals surface area contributed by atoms with E-state index in [0.29, 0.717) is 6.54 Å². The Hall–Kier alpha value is -1.79. The van der Waals surface area contributed by atoms with Crippen LogP contribution in [0.15, 0.2) is 29.8 Å². The summed E-state index contributed by atoms with van der Waals surface area (Å²) in [4.78, 5) is 5.38. The lowest BCUT2D eigenvalue weighted by Crippen LogP contribution is -2.21. The molecule has 3 nitrogen and oxygen atoms in total. The van der Waals surface area contributed by atoms with E-state index in [2.05, 4.69) is 10.3 Å². The van der Waals surface area contributed by atoms with Gasteiger partial charge in [-0.25, -0.2) is 13.8 Å². The van der Waals surface area contributed by atoms with Crippen molar-refractivity contribution in [2.45, 2.75) is 26.4 Å². The minimum atomic E-state index is -0.527. The average Bonchev–Trinajstić information content (AvgIpc) is 2.97. The van der Waals surface area contributed by atoms with Crippen LogP contribution in [-0.4, -0.2) is 9.38 Å². The molecule has 0 saturated carbocycles. The van der Waals surface area contributed by atoms with Crippen LogP contribution in [0.4, 0.5) is 8.78 Å². The summed E-state index contributed by atoms with van der Waals surface area (Å²) in [6.07, 6.45) is 1.95. The molecule has 110 valence electrons. The summed E-state index contributed by atoms with van der Waals surface area (Å²) in [5, 5.41) is 5.13. The van der Waals surface area contributed by atoms with Gasteiger partial charge in [0, 0.05) is 29.7 Å². The molecule has 1 N–H and O–H groups in total. The standard InChI is InChI=1S/C15H15F2N3S/c1-9-13(20-6-7-21-15(20)19-9)8-18-10(2)14-11(16)4-3-5-12(14)17/h3-7,10,18H,8H2,1-2H3. The van der Waals surface area contributed by atoms with E-state index in [-0.39, 0.29) is 5.56 Å². The van der Waals surface area contributed by atoms with E-state index in [4.69, 9.17) is 0 Å². The van der Waals surface area contributed by atoms with Crippen LogP contribution in [0, 0.1) is 18.6 Å². The molecule has 21 heavy (non-hydrogen) atoms.